The van der Waals surface area contributed by atoms with Crippen LogP contribution < -0.4 is 0 Å². The van der Waals surface area contributed by atoms with Crippen LogP contribution in [0.25, 0.3) is 10.9 Å². The number of rotatable bonds is 2. The third-order valence-corrected chi connectivity index (χ3v) is 3.19. The average molecular weight is 257 g/mol. The van der Waals surface area contributed by atoms with Gasteiger partial charge in [-0.25, -0.2) is 0 Å². The lowest BCUT2D eigenvalue weighted by Gasteiger charge is -1.99. The second-order valence-corrected chi connectivity index (χ2v) is 4.69. The minimum absolute atomic E-state index is 0.706. The first-order valence-corrected chi connectivity index (χ1v) is 6.76. The van der Waals surface area contributed by atoms with E-state index < -0.39 is 0 Å². The van der Waals surface area contributed by atoms with Gasteiger partial charge in [0.1, 0.15) is 0 Å². The Hall–Kier alpha value is -2.59. The summed E-state index contributed by atoms with van der Waals surface area (Å²) in [6, 6.07) is 22.6. The Morgan fingerprint density at radius 1 is 0.700 bits per heavy atom. The second kappa shape index (κ2) is 6.04. The molecule has 0 aliphatic heterocycles. The molecule has 96 valence electrons. The predicted molar refractivity (Wildman–Crippen MR) is 83.4 cm³/mol. The largest absolute Gasteiger partial charge is 0.252 e. The number of para-hydroxylation sites is 1. The lowest BCUT2D eigenvalue weighted by molar-refractivity contribution is 1.17. The molecule has 0 unspecified atom stereocenters. The van der Waals surface area contributed by atoms with Crippen molar-refractivity contribution in [2.75, 3.05) is 0 Å². The molecule has 20 heavy (non-hydrogen) atoms. The topological polar surface area (TPSA) is 12.9 Å². The van der Waals surface area contributed by atoms with Crippen LogP contribution in [0.5, 0.6) is 0 Å². The predicted octanol–water partition coefficient (Wildman–Crippen LogP) is 4.02. The molecule has 0 N–H and O–H groups in total. The molecule has 1 nitrogen and oxygen atoms in total. The minimum atomic E-state index is 0.706. The molecule has 0 radical (unpaired) electrons. The van der Waals surface area contributed by atoms with E-state index in [1.807, 2.05) is 36.4 Å². The number of aromatic nitrogens is 1. The molecule has 0 amide bonds. The zero-order valence-electron chi connectivity index (χ0n) is 11.2. The van der Waals surface area contributed by atoms with E-state index in [-0.39, 0.29) is 0 Å². The van der Waals surface area contributed by atoms with Crippen molar-refractivity contribution in [1.29, 1.82) is 0 Å². The Labute approximate surface area is 119 Å². The van der Waals surface area contributed by atoms with E-state index in [2.05, 4.69) is 47.2 Å². The maximum atomic E-state index is 4.62. The van der Waals surface area contributed by atoms with Gasteiger partial charge in [-0.15, -0.1) is 0 Å². The molecule has 0 saturated heterocycles. The van der Waals surface area contributed by atoms with Crippen molar-refractivity contribution in [3.63, 3.8) is 0 Å². The highest BCUT2D eigenvalue weighted by atomic mass is 14.7. The van der Waals surface area contributed by atoms with Gasteiger partial charge in [-0.1, -0.05) is 66.4 Å². The lowest BCUT2D eigenvalue weighted by Crippen LogP contribution is -1.88. The van der Waals surface area contributed by atoms with Crippen molar-refractivity contribution in [3.05, 3.63) is 78.0 Å². The summed E-state index contributed by atoms with van der Waals surface area (Å²) in [4.78, 5) is 4.62. The van der Waals surface area contributed by atoms with Crippen molar-refractivity contribution in [2.24, 2.45) is 0 Å². The molecule has 3 rings (SSSR count). The molecule has 0 spiro atoms. The van der Waals surface area contributed by atoms with Crippen LogP contribution in [0.3, 0.4) is 0 Å². The van der Waals surface area contributed by atoms with Gasteiger partial charge < -0.3 is 0 Å². The van der Waals surface area contributed by atoms with Crippen LogP contribution in [-0.4, -0.2) is 4.98 Å². The van der Waals surface area contributed by atoms with Crippen LogP contribution >= 0.6 is 0 Å². The third-order valence-electron chi connectivity index (χ3n) is 3.19. The molecular weight excluding hydrogens is 242 g/mol. The standard InChI is InChI=1S/C19H15N/c1-2-8-16(9-3-1)10-4-6-12-18-15-14-17-11-5-7-13-19(17)20-18/h1-3,5,7-9,11,13-15H,10,12H2. The Kier molecular flexibility index (Phi) is 3.76. The molecule has 3 aromatic rings. The number of pyridine rings is 1. The Morgan fingerprint density at radius 2 is 1.45 bits per heavy atom. The maximum absolute atomic E-state index is 4.62. The Balaban J connectivity index is 1.68. The van der Waals surface area contributed by atoms with Gasteiger partial charge in [-0.3, -0.25) is 4.98 Å². The highest BCUT2D eigenvalue weighted by Crippen LogP contribution is 2.11. The molecular formula is C19H15N. The van der Waals surface area contributed by atoms with Crippen LogP contribution in [0.15, 0.2) is 66.7 Å². The van der Waals surface area contributed by atoms with Gasteiger partial charge in [0.2, 0.25) is 0 Å². The molecule has 1 aromatic heterocycles. The molecule has 0 atom stereocenters. The highest BCUT2D eigenvalue weighted by molar-refractivity contribution is 5.78. The summed E-state index contributed by atoms with van der Waals surface area (Å²) in [5.74, 6) is 6.41. The van der Waals surface area contributed by atoms with Gasteiger partial charge in [0.25, 0.3) is 0 Å². The zero-order valence-corrected chi connectivity index (χ0v) is 11.2. The Bertz CT molecular complexity index is 764. The number of nitrogens with zero attached hydrogens (tertiary/aromatic N) is 1. The lowest BCUT2D eigenvalue weighted by atomic mass is 10.1. The van der Waals surface area contributed by atoms with Crippen molar-refractivity contribution < 1.29 is 0 Å². The summed E-state index contributed by atoms with van der Waals surface area (Å²) < 4.78 is 0. The summed E-state index contributed by atoms with van der Waals surface area (Å²) in [6.45, 7) is 0. The van der Waals surface area contributed by atoms with E-state index in [1.54, 1.807) is 0 Å². The van der Waals surface area contributed by atoms with E-state index in [1.165, 1.54) is 10.9 Å². The van der Waals surface area contributed by atoms with Crippen LogP contribution in [0.1, 0.15) is 11.3 Å². The first-order chi connectivity index (χ1) is 9.92. The summed E-state index contributed by atoms with van der Waals surface area (Å²) in [6.07, 6.45) is 1.51. The molecule has 0 aliphatic carbocycles. The van der Waals surface area contributed by atoms with E-state index in [0.29, 0.717) is 6.42 Å². The molecule has 2 aromatic carbocycles. The van der Waals surface area contributed by atoms with Gasteiger partial charge in [0.05, 0.1) is 17.6 Å². The summed E-state index contributed by atoms with van der Waals surface area (Å²) in [5.41, 5.74) is 3.32. The van der Waals surface area contributed by atoms with E-state index in [0.717, 1.165) is 17.6 Å². The fraction of sp³-hybridized carbons (Fsp3) is 0.105. The van der Waals surface area contributed by atoms with E-state index >= 15 is 0 Å². The average Bonchev–Trinajstić information content (AvgIpc) is 2.52. The number of hydrogen-bond donors (Lipinski definition) is 0. The number of hydrogen-bond acceptors (Lipinski definition) is 1. The molecule has 0 aliphatic rings. The fourth-order valence-corrected chi connectivity index (χ4v) is 2.12. The summed E-state index contributed by atoms with van der Waals surface area (Å²) in [5, 5.41) is 1.17. The van der Waals surface area contributed by atoms with Crippen molar-refractivity contribution in [2.45, 2.75) is 12.8 Å². The quantitative estimate of drug-likeness (QED) is 0.632. The maximum Gasteiger partial charge on any atom is 0.0705 e. The van der Waals surface area contributed by atoms with Gasteiger partial charge in [-0.2, -0.15) is 0 Å². The molecule has 0 bridgehead atoms. The normalized spacial score (nSPS) is 10.0. The first-order valence-electron chi connectivity index (χ1n) is 6.76. The monoisotopic (exact) mass is 257 g/mol. The highest BCUT2D eigenvalue weighted by Gasteiger charge is 1.95. The van der Waals surface area contributed by atoms with Crippen molar-refractivity contribution in [3.8, 4) is 11.8 Å². The molecule has 1 heteroatoms. The minimum Gasteiger partial charge on any atom is -0.252 e. The smallest absolute Gasteiger partial charge is 0.0705 e. The van der Waals surface area contributed by atoms with E-state index in [4.69, 9.17) is 0 Å². The number of fused-ring (bicyclic) bond motifs is 1. The van der Waals surface area contributed by atoms with Crippen LogP contribution in [0.2, 0.25) is 0 Å². The van der Waals surface area contributed by atoms with Crippen LogP contribution in [0, 0.1) is 11.8 Å². The second-order valence-electron chi connectivity index (χ2n) is 4.69. The van der Waals surface area contributed by atoms with Crippen LogP contribution in [-0.2, 0) is 12.8 Å². The fourth-order valence-electron chi connectivity index (χ4n) is 2.12. The molecule has 0 saturated carbocycles. The summed E-state index contributed by atoms with van der Waals surface area (Å²) in [7, 11) is 0. The first kappa shape index (κ1) is 12.4. The van der Waals surface area contributed by atoms with E-state index in [9.17, 15) is 0 Å². The Morgan fingerprint density at radius 3 is 2.35 bits per heavy atom. The molecule has 0 fully saturated rings. The van der Waals surface area contributed by atoms with Gasteiger partial charge >= 0.3 is 0 Å². The SMILES string of the molecule is C(#CCc1ccc2ccccc2n1)Cc1ccccc1. The third kappa shape index (κ3) is 3.05. The zero-order chi connectivity index (χ0) is 13.6. The molecule has 1 heterocycles. The van der Waals surface area contributed by atoms with Crippen molar-refractivity contribution in [1.82, 2.24) is 4.98 Å². The summed E-state index contributed by atoms with van der Waals surface area (Å²) >= 11 is 0. The van der Waals surface area contributed by atoms with Gasteiger partial charge in [0.15, 0.2) is 0 Å². The van der Waals surface area contributed by atoms with Crippen molar-refractivity contribution >= 4 is 10.9 Å². The van der Waals surface area contributed by atoms with Crippen LogP contribution in [0.4, 0.5) is 0 Å². The van der Waals surface area contributed by atoms with Gasteiger partial charge in [0, 0.05) is 11.8 Å². The number of benzene rings is 2. The van der Waals surface area contributed by atoms with Gasteiger partial charge in [-0.05, 0) is 17.7 Å².